The Balaban J connectivity index is 3.61. The highest BCUT2D eigenvalue weighted by atomic mass is 16.3. The predicted molar refractivity (Wildman–Crippen MR) is 47.5 cm³/mol. The number of hydrogen-bond donors (Lipinski definition) is 2. The van der Waals surface area contributed by atoms with E-state index in [1.54, 1.807) is 0 Å². The van der Waals surface area contributed by atoms with Crippen molar-refractivity contribution in [2.45, 2.75) is 25.8 Å². The van der Waals surface area contributed by atoms with E-state index >= 15 is 0 Å². The topological polar surface area (TPSA) is 49.5 Å². The van der Waals surface area contributed by atoms with E-state index in [0.29, 0.717) is 6.04 Å². The van der Waals surface area contributed by atoms with Gasteiger partial charge in [0.25, 0.3) is 0 Å². The lowest BCUT2D eigenvalue weighted by Crippen LogP contribution is -2.35. The summed E-state index contributed by atoms with van der Waals surface area (Å²) in [5.41, 5.74) is 5.45. The van der Waals surface area contributed by atoms with Gasteiger partial charge in [-0.2, -0.15) is 0 Å². The van der Waals surface area contributed by atoms with Gasteiger partial charge in [-0.25, -0.2) is 0 Å². The van der Waals surface area contributed by atoms with Gasteiger partial charge in [-0.05, 0) is 26.4 Å². The fraction of sp³-hybridized carbons (Fsp3) is 1.00. The number of nitrogens with two attached hydrogens (primary N) is 1. The van der Waals surface area contributed by atoms with Crippen LogP contribution < -0.4 is 5.73 Å². The second-order valence-corrected chi connectivity index (χ2v) is 2.84. The van der Waals surface area contributed by atoms with Crippen molar-refractivity contribution in [3.63, 3.8) is 0 Å². The van der Waals surface area contributed by atoms with Crippen LogP contribution in [0.3, 0.4) is 0 Å². The molecule has 0 aliphatic rings. The summed E-state index contributed by atoms with van der Waals surface area (Å²) in [5.74, 6) is 0. The molecule has 0 fully saturated rings. The van der Waals surface area contributed by atoms with Crippen LogP contribution in [-0.4, -0.2) is 42.8 Å². The van der Waals surface area contributed by atoms with E-state index in [0.717, 1.165) is 25.9 Å². The van der Waals surface area contributed by atoms with Crippen LogP contribution in [0.4, 0.5) is 0 Å². The van der Waals surface area contributed by atoms with Crippen molar-refractivity contribution < 1.29 is 5.11 Å². The van der Waals surface area contributed by atoms with Gasteiger partial charge < -0.3 is 15.7 Å². The number of aliphatic hydroxyl groups excluding tert-OH is 1. The van der Waals surface area contributed by atoms with Crippen LogP contribution in [0.2, 0.25) is 0 Å². The van der Waals surface area contributed by atoms with Gasteiger partial charge in [0.15, 0.2) is 0 Å². The first-order valence-corrected chi connectivity index (χ1v) is 4.27. The molecule has 0 amide bonds. The third-order valence-corrected chi connectivity index (χ3v) is 2.05. The van der Waals surface area contributed by atoms with Gasteiger partial charge in [0.05, 0.1) is 6.61 Å². The molecule has 0 aliphatic heterocycles. The molecule has 3 heteroatoms. The standard InChI is InChI=1S/C8H20N2O/c1-3-8(4-5-9)10(2)6-7-11/h8,11H,3-7,9H2,1-2H3. The summed E-state index contributed by atoms with van der Waals surface area (Å²) in [6.07, 6.45) is 2.13. The van der Waals surface area contributed by atoms with Crippen molar-refractivity contribution in [1.29, 1.82) is 0 Å². The van der Waals surface area contributed by atoms with E-state index in [4.69, 9.17) is 10.8 Å². The van der Waals surface area contributed by atoms with Crippen molar-refractivity contribution in [2.75, 3.05) is 26.7 Å². The molecule has 0 bridgehead atoms. The minimum atomic E-state index is 0.234. The average molecular weight is 160 g/mol. The quantitative estimate of drug-likeness (QED) is 0.576. The molecule has 3 N–H and O–H groups in total. The molecule has 0 heterocycles. The number of hydrogen-bond acceptors (Lipinski definition) is 3. The maximum atomic E-state index is 8.68. The Hall–Kier alpha value is -0.120. The molecular formula is C8H20N2O. The van der Waals surface area contributed by atoms with Gasteiger partial charge in [0, 0.05) is 12.6 Å². The van der Waals surface area contributed by atoms with Crippen molar-refractivity contribution in [1.82, 2.24) is 4.90 Å². The van der Waals surface area contributed by atoms with Crippen LogP contribution >= 0.6 is 0 Å². The lowest BCUT2D eigenvalue weighted by atomic mass is 10.1. The second-order valence-electron chi connectivity index (χ2n) is 2.84. The molecule has 11 heavy (non-hydrogen) atoms. The number of aliphatic hydroxyl groups is 1. The minimum absolute atomic E-state index is 0.234. The van der Waals surface area contributed by atoms with Gasteiger partial charge in [-0.15, -0.1) is 0 Å². The first-order valence-electron chi connectivity index (χ1n) is 4.27. The molecule has 0 saturated heterocycles. The van der Waals surface area contributed by atoms with Crippen LogP contribution in [-0.2, 0) is 0 Å². The number of rotatable bonds is 6. The summed E-state index contributed by atoms with van der Waals surface area (Å²) in [7, 11) is 2.03. The Kier molecular flexibility index (Phi) is 6.51. The highest BCUT2D eigenvalue weighted by Gasteiger charge is 2.09. The fourth-order valence-corrected chi connectivity index (χ4v) is 1.27. The normalized spacial score (nSPS) is 13.9. The molecule has 0 aromatic rings. The molecule has 0 aromatic heterocycles. The summed E-state index contributed by atoms with van der Waals surface area (Å²) < 4.78 is 0. The van der Waals surface area contributed by atoms with E-state index in [1.165, 1.54) is 0 Å². The lowest BCUT2D eigenvalue weighted by Gasteiger charge is -2.25. The van der Waals surface area contributed by atoms with Gasteiger partial charge in [0.1, 0.15) is 0 Å². The molecule has 0 radical (unpaired) electrons. The van der Waals surface area contributed by atoms with Crippen molar-refractivity contribution in [3.05, 3.63) is 0 Å². The molecule has 0 rings (SSSR count). The maximum Gasteiger partial charge on any atom is 0.0558 e. The van der Waals surface area contributed by atoms with E-state index in [9.17, 15) is 0 Å². The Morgan fingerprint density at radius 3 is 2.55 bits per heavy atom. The van der Waals surface area contributed by atoms with Crippen LogP contribution in [0.1, 0.15) is 19.8 Å². The monoisotopic (exact) mass is 160 g/mol. The third kappa shape index (κ3) is 4.35. The Labute approximate surface area is 69.2 Å². The van der Waals surface area contributed by atoms with Gasteiger partial charge in [-0.1, -0.05) is 6.92 Å². The van der Waals surface area contributed by atoms with Crippen LogP contribution in [0.25, 0.3) is 0 Å². The zero-order valence-electron chi connectivity index (χ0n) is 7.58. The second kappa shape index (κ2) is 6.58. The van der Waals surface area contributed by atoms with E-state index in [2.05, 4.69) is 11.8 Å². The molecule has 0 aliphatic carbocycles. The van der Waals surface area contributed by atoms with E-state index in [1.807, 2.05) is 7.05 Å². The molecule has 0 spiro atoms. The molecule has 0 aromatic carbocycles. The van der Waals surface area contributed by atoms with Gasteiger partial charge >= 0.3 is 0 Å². The van der Waals surface area contributed by atoms with Gasteiger partial charge in [0.2, 0.25) is 0 Å². The van der Waals surface area contributed by atoms with Crippen molar-refractivity contribution >= 4 is 0 Å². The first-order chi connectivity index (χ1) is 5.26. The fourth-order valence-electron chi connectivity index (χ4n) is 1.27. The highest BCUT2D eigenvalue weighted by molar-refractivity contribution is 4.66. The zero-order valence-corrected chi connectivity index (χ0v) is 7.58. The largest absolute Gasteiger partial charge is 0.395 e. The molecule has 1 unspecified atom stereocenters. The summed E-state index contributed by atoms with van der Waals surface area (Å²) in [6, 6.07) is 0.534. The Morgan fingerprint density at radius 2 is 2.18 bits per heavy atom. The lowest BCUT2D eigenvalue weighted by molar-refractivity contribution is 0.172. The predicted octanol–water partition coefficient (Wildman–Crippen LogP) is 0.0379. The molecule has 3 nitrogen and oxygen atoms in total. The van der Waals surface area contributed by atoms with E-state index in [-0.39, 0.29) is 6.61 Å². The van der Waals surface area contributed by atoms with Gasteiger partial charge in [-0.3, -0.25) is 0 Å². The zero-order chi connectivity index (χ0) is 8.69. The summed E-state index contributed by atoms with van der Waals surface area (Å²) in [5, 5.41) is 8.68. The number of likely N-dealkylation sites (N-methyl/N-ethyl adjacent to an activating group) is 1. The third-order valence-electron chi connectivity index (χ3n) is 2.05. The maximum absolute atomic E-state index is 8.68. The summed E-state index contributed by atoms with van der Waals surface area (Å²) in [6.45, 7) is 3.86. The van der Waals surface area contributed by atoms with Crippen LogP contribution in [0.15, 0.2) is 0 Å². The average Bonchev–Trinajstić information content (AvgIpc) is 2.00. The number of nitrogens with zero attached hydrogens (tertiary/aromatic N) is 1. The molecule has 1 atom stereocenters. The van der Waals surface area contributed by atoms with E-state index < -0.39 is 0 Å². The SMILES string of the molecule is CCC(CCN)N(C)CCO. The minimum Gasteiger partial charge on any atom is -0.395 e. The summed E-state index contributed by atoms with van der Waals surface area (Å²) in [4.78, 5) is 2.16. The smallest absolute Gasteiger partial charge is 0.0558 e. The molecular weight excluding hydrogens is 140 g/mol. The first kappa shape index (κ1) is 10.9. The highest BCUT2D eigenvalue weighted by Crippen LogP contribution is 2.04. The Bertz CT molecular complexity index is 88.2. The van der Waals surface area contributed by atoms with Crippen molar-refractivity contribution in [2.24, 2.45) is 5.73 Å². The van der Waals surface area contributed by atoms with Crippen LogP contribution in [0, 0.1) is 0 Å². The summed E-state index contributed by atoms with van der Waals surface area (Å²) >= 11 is 0. The van der Waals surface area contributed by atoms with Crippen LogP contribution in [0.5, 0.6) is 0 Å². The van der Waals surface area contributed by atoms with Crippen molar-refractivity contribution in [3.8, 4) is 0 Å². The molecule has 0 saturated carbocycles. The molecule has 68 valence electrons. The Morgan fingerprint density at radius 1 is 1.55 bits per heavy atom.